The third-order valence-electron chi connectivity index (χ3n) is 6.45. The third-order valence-corrected chi connectivity index (χ3v) is 6.45. The highest BCUT2D eigenvalue weighted by molar-refractivity contribution is 5.89. The van der Waals surface area contributed by atoms with Gasteiger partial charge >= 0.3 is 0 Å². The summed E-state index contributed by atoms with van der Waals surface area (Å²) in [5, 5.41) is 39.9. The minimum atomic E-state index is -1.76. The molecule has 0 rings (SSSR count). The molecule has 7 heteroatoms. The first-order valence-electron chi connectivity index (χ1n) is 14.4. The van der Waals surface area contributed by atoms with Crippen molar-refractivity contribution >= 4 is 12.2 Å². The number of hydrogen-bond donors (Lipinski definition) is 5. The number of carbonyl (C=O) groups excluding carboxylic acids is 2. The Morgan fingerprint density at radius 3 is 1.68 bits per heavy atom. The number of nitrogens with one attached hydrogen (secondary N) is 1. The summed E-state index contributed by atoms with van der Waals surface area (Å²) in [6.07, 6.45) is 26.7. The quantitative estimate of drug-likeness (QED) is 0.0512. The van der Waals surface area contributed by atoms with Crippen molar-refractivity contribution in [1.82, 2.24) is 5.32 Å². The predicted molar refractivity (Wildman–Crippen MR) is 150 cm³/mol. The first-order valence-corrected chi connectivity index (χ1v) is 14.4. The van der Waals surface area contributed by atoms with Gasteiger partial charge in [-0.25, -0.2) is 0 Å². The van der Waals surface area contributed by atoms with Crippen LogP contribution in [0.4, 0.5) is 0 Å². The van der Waals surface area contributed by atoms with Crippen LogP contribution in [0, 0.1) is 0 Å². The highest BCUT2D eigenvalue weighted by Gasteiger charge is 2.31. The van der Waals surface area contributed by atoms with Gasteiger partial charge in [0.2, 0.25) is 5.91 Å². The van der Waals surface area contributed by atoms with E-state index in [1.54, 1.807) is 6.08 Å². The van der Waals surface area contributed by atoms with Crippen LogP contribution >= 0.6 is 0 Å². The number of allylic oxidation sites excluding steroid dienone is 5. The maximum Gasteiger partial charge on any atom is 0.244 e. The van der Waals surface area contributed by atoms with Crippen LogP contribution in [-0.2, 0) is 9.59 Å². The Kier molecular flexibility index (Phi) is 24.6. The van der Waals surface area contributed by atoms with Crippen molar-refractivity contribution in [3.8, 4) is 0 Å². The van der Waals surface area contributed by atoms with E-state index in [9.17, 15) is 24.9 Å². The molecule has 0 aromatic heterocycles. The molecule has 0 aliphatic carbocycles. The van der Waals surface area contributed by atoms with Gasteiger partial charge in [-0.15, -0.1) is 0 Å². The maximum absolute atomic E-state index is 11.9. The van der Waals surface area contributed by atoms with Gasteiger partial charge in [-0.05, 0) is 12.8 Å². The number of unbranched alkanes of at least 4 members (excludes halogenated alkanes) is 15. The Morgan fingerprint density at radius 2 is 1.19 bits per heavy atom. The van der Waals surface area contributed by atoms with Crippen molar-refractivity contribution in [3.63, 3.8) is 0 Å². The summed E-state index contributed by atoms with van der Waals surface area (Å²) in [7, 11) is 0. The van der Waals surface area contributed by atoms with E-state index in [4.69, 9.17) is 5.11 Å². The van der Waals surface area contributed by atoms with E-state index in [1.807, 2.05) is 12.2 Å². The standard InChI is InChI=1S/C30H53NO6/c1-2-3-4-5-6-7-8-9-10-11-12-13-14-15-16-17-18-19-20-21-22-23-28(35)31-26(24-32)29(36)30(37)27(34)25-33/h18-24,26-27,29-30,33-34,36-37H,2-17,25H2,1H3,(H,31,35)/t26-,27+,29+,30+/m0/s1. The zero-order valence-electron chi connectivity index (χ0n) is 23.0. The van der Waals surface area contributed by atoms with Gasteiger partial charge in [0.05, 0.1) is 6.61 Å². The van der Waals surface area contributed by atoms with Crippen molar-refractivity contribution in [2.24, 2.45) is 0 Å². The summed E-state index contributed by atoms with van der Waals surface area (Å²) in [6.45, 7) is 1.48. The molecular formula is C30H53NO6. The van der Waals surface area contributed by atoms with Crippen molar-refractivity contribution < 1.29 is 30.0 Å². The van der Waals surface area contributed by atoms with Crippen LogP contribution < -0.4 is 5.32 Å². The van der Waals surface area contributed by atoms with Crippen molar-refractivity contribution in [2.75, 3.05) is 6.61 Å². The summed E-state index contributed by atoms with van der Waals surface area (Å²) in [6, 6.07) is -1.41. The first kappa shape index (κ1) is 35.2. The molecule has 0 bridgehead atoms. The second kappa shape index (κ2) is 25.8. The van der Waals surface area contributed by atoms with Crippen LogP contribution in [0.3, 0.4) is 0 Å². The van der Waals surface area contributed by atoms with E-state index in [-0.39, 0.29) is 6.29 Å². The molecular weight excluding hydrogens is 470 g/mol. The van der Waals surface area contributed by atoms with E-state index >= 15 is 0 Å². The third kappa shape index (κ3) is 20.9. The minimum Gasteiger partial charge on any atom is -0.394 e. The Balaban J connectivity index is 3.73. The number of aldehydes is 1. The van der Waals surface area contributed by atoms with Crippen LogP contribution in [0.5, 0.6) is 0 Å². The van der Waals surface area contributed by atoms with E-state index in [1.165, 1.54) is 108 Å². The largest absolute Gasteiger partial charge is 0.394 e. The van der Waals surface area contributed by atoms with Gasteiger partial charge in [-0.3, -0.25) is 4.79 Å². The lowest BCUT2D eigenvalue weighted by atomic mass is 10.0. The molecule has 1 amide bonds. The number of hydrogen-bond acceptors (Lipinski definition) is 6. The molecule has 4 atom stereocenters. The van der Waals surface area contributed by atoms with Crippen molar-refractivity contribution in [1.29, 1.82) is 0 Å². The van der Waals surface area contributed by atoms with Crippen molar-refractivity contribution in [3.05, 3.63) is 36.5 Å². The molecule has 0 saturated heterocycles. The van der Waals surface area contributed by atoms with Gasteiger partial charge in [0.25, 0.3) is 0 Å². The highest BCUT2D eigenvalue weighted by Crippen LogP contribution is 2.13. The summed E-state index contributed by atoms with van der Waals surface area (Å²) in [5.41, 5.74) is 0. The van der Waals surface area contributed by atoms with Gasteiger partial charge in [-0.1, -0.05) is 127 Å². The second-order valence-electron chi connectivity index (χ2n) is 9.81. The van der Waals surface area contributed by atoms with Gasteiger partial charge in [0.1, 0.15) is 30.6 Å². The van der Waals surface area contributed by atoms with Crippen LogP contribution in [0.15, 0.2) is 36.5 Å². The minimum absolute atomic E-state index is 0.264. The van der Waals surface area contributed by atoms with Crippen molar-refractivity contribution in [2.45, 2.75) is 134 Å². The van der Waals surface area contributed by atoms with Gasteiger partial charge < -0.3 is 30.5 Å². The Morgan fingerprint density at radius 1 is 0.703 bits per heavy atom. The van der Waals surface area contributed by atoms with Crippen LogP contribution in [0.1, 0.15) is 110 Å². The lowest BCUT2D eigenvalue weighted by molar-refractivity contribution is -0.128. The molecule has 0 fully saturated rings. The number of aliphatic hydroxyl groups excluding tert-OH is 4. The number of aliphatic hydroxyl groups is 4. The summed E-state index contributed by atoms with van der Waals surface area (Å²) in [5.74, 6) is -0.631. The fourth-order valence-corrected chi connectivity index (χ4v) is 4.04. The molecule has 5 N–H and O–H groups in total. The maximum atomic E-state index is 11.9. The Labute approximate surface area is 224 Å². The lowest BCUT2D eigenvalue weighted by Gasteiger charge is -2.25. The van der Waals surface area contributed by atoms with Gasteiger partial charge in [-0.2, -0.15) is 0 Å². The molecule has 0 aliphatic heterocycles. The molecule has 37 heavy (non-hydrogen) atoms. The fourth-order valence-electron chi connectivity index (χ4n) is 4.04. The number of rotatable bonds is 25. The van der Waals surface area contributed by atoms with Gasteiger partial charge in [0, 0.05) is 6.08 Å². The lowest BCUT2D eigenvalue weighted by Crippen LogP contribution is -2.53. The zero-order valence-corrected chi connectivity index (χ0v) is 23.0. The first-order chi connectivity index (χ1) is 18.0. The van der Waals surface area contributed by atoms with Gasteiger partial charge in [0.15, 0.2) is 0 Å². The van der Waals surface area contributed by atoms with E-state index in [2.05, 4.69) is 18.3 Å². The average molecular weight is 524 g/mol. The smallest absolute Gasteiger partial charge is 0.244 e. The molecule has 0 spiro atoms. The topological polar surface area (TPSA) is 127 Å². The second-order valence-corrected chi connectivity index (χ2v) is 9.81. The fraction of sp³-hybridized carbons (Fsp3) is 0.733. The monoisotopic (exact) mass is 523 g/mol. The summed E-state index contributed by atoms with van der Waals surface area (Å²) < 4.78 is 0. The molecule has 7 nitrogen and oxygen atoms in total. The van der Waals surface area contributed by atoms with E-state index < -0.39 is 36.9 Å². The molecule has 0 aromatic rings. The predicted octanol–water partition coefficient (Wildman–Crippen LogP) is 4.68. The number of carbonyl (C=O) groups is 2. The average Bonchev–Trinajstić information content (AvgIpc) is 2.91. The zero-order chi connectivity index (χ0) is 27.6. The van der Waals surface area contributed by atoms with E-state index in [0.29, 0.717) is 0 Å². The number of amides is 1. The molecule has 0 aromatic carbocycles. The molecule has 0 aliphatic rings. The molecule has 0 saturated carbocycles. The molecule has 0 heterocycles. The van der Waals surface area contributed by atoms with E-state index in [0.717, 1.165) is 6.42 Å². The van der Waals surface area contributed by atoms with Crippen LogP contribution in [0.2, 0.25) is 0 Å². The van der Waals surface area contributed by atoms with Crippen LogP contribution in [-0.4, -0.2) is 63.6 Å². The highest BCUT2D eigenvalue weighted by atomic mass is 16.4. The summed E-state index contributed by atoms with van der Waals surface area (Å²) in [4.78, 5) is 23.0. The SMILES string of the molecule is CCCCCCCCCCCCCCCCCC=CC=CC=CC(=O)N[C@@H](C=O)[C@@H](O)[C@H](O)[C@H](O)CO. The molecule has 214 valence electrons. The molecule has 0 radical (unpaired) electrons. The summed E-state index contributed by atoms with van der Waals surface area (Å²) >= 11 is 0. The Bertz CT molecular complexity index is 634. The Hall–Kier alpha value is -1.80. The normalized spacial score (nSPS) is 15.4. The molecule has 0 unspecified atom stereocenters. The van der Waals surface area contributed by atoms with Crippen LogP contribution in [0.25, 0.3) is 0 Å².